The third kappa shape index (κ3) is 5.22. The van der Waals surface area contributed by atoms with Gasteiger partial charge in [0, 0.05) is 0 Å². The van der Waals surface area contributed by atoms with Crippen molar-refractivity contribution in [3.63, 3.8) is 0 Å². The zero-order valence-corrected chi connectivity index (χ0v) is 15.1. The highest BCUT2D eigenvalue weighted by Gasteiger charge is 2.23. The Labute approximate surface area is 139 Å². The Morgan fingerprint density at radius 3 is 2.13 bits per heavy atom. The van der Waals surface area contributed by atoms with E-state index < -0.39 is 8.07 Å². The molecule has 0 aliphatic heterocycles. The molecule has 0 aliphatic rings. The minimum absolute atomic E-state index is 0.229. The van der Waals surface area contributed by atoms with Crippen LogP contribution in [0.5, 0.6) is 0 Å². The summed E-state index contributed by atoms with van der Waals surface area (Å²) in [6.45, 7) is 6.79. The molecule has 0 aromatic heterocycles. The zero-order valence-electron chi connectivity index (χ0n) is 14.1. The molecule has 2 aromatic carbocycles. The quantitative estimate of drug-likeness (QED) is 0.439. The van der Waals surface area contributed by atoms with Gasteiger partial charge in [0.15, 0.2) is 0 Å². The van der Waals surface area contributed by atoms with Crippen molar-refractivity contribution in [3.8, 4) is 0 Å². The SMILES string of the molecule is CCOC(=O)/C(=C/[Si](C)(C)Cc1ccccc1)c1ccccc1. The Morgan fingerprint density at radius 2 is 1.57 bits per heavy atom. The van der Waals surface area contributed by atoms with Crippen molar-refractivity contribution in [3.05, 3.63) is 77.5 Å². The number of carbonyl (C=O) groups is 1. The van der Waals surface area contributed by atoms with Crippen LogP contribution in [0, 0.1) is 0 Å². The highest BCUT2D eigenvalue weighted by atomic mass is 28.3. The summed E-state index contributed by atoms with van der Waals surface area (Å²) >= 11 is 0. The highest BCUT2D eigenvalue weighted by Crippen LogP contribution is 2.22. The molecule has 0 bridgehead atoms. The fourth-order valence-electron chi connectivity index (χ4n) is 2.65. The predicted molar refractivity (Wildman–Crippen MR) is 98.7 cm³/mol. The van der Waals surface area contributed by atoms with Crippen LogP contribution in [0.15, 0.2) is 66.4 Å². The van der Waals surface area contributed by atoms with Crippen LogP contribution in [0.25, 0.3) is 5.57 Å². The lowest BCUT2D eigenvalue weighted by atomic mass is 10.1. The van der Waals surface area contributed by atoms with E-state index in [4.69, 9.17) is 4.74 Å². The van der Waals surface area contributed by atoms with Gasteiger partial charge in [0.05, 0.1) is 20.3 Å². The maximum atomic E-state index is 12.4. The topological polar surface area (TPSA) is 26.3 Å². The van der Waals surface area contributed by atoms with Crippen LogP contribution in [0.3, 0.4) is 0 Å². The second-order valence-electron chi connectivity index (χ2n) is 6.30. The van der Waals surface area contributed by atoms with E-state index in [1.165, 1.54) is 5.56 Å². The van der Waals surface area contributed by atoms with Crippen molar-refractivity contribution in [2.75, 3.05) is 6.61 Å². The molecule has 0 saturated heterocycles. The van der Waals surface area contributed by atoms with Gasteiger partial charge in [-0.05, 0) is 18.5 Å². The molecular formula is C20H24O2Si. The summed E-state index contributed by atoms with van der Waals surface area (Å²) in [4.78, 5) is 12.4. The van der Waals surface area contributed by atoms with Crippen LogP contribution in [0.2, 0.25) is 13.1 Å². The average molecular weight is 324 g/mol. The van der Waals surface area contributed by atoms with Gasteiger partial charge in [-0.2, -0.15) is 0 Å². The molecule has 0 N–H and O–H groups in total. The van der Waals surface area contributed by atoms with Crippen molar-refractivity contribution in [1.82, 2.24) is 0 Å². The molecule has 0 atom stereocenters. The van der Waals surface area contributed by atoms with E-state index in [2.05, 4.69) is 43.1 Å². The van der Waals surface area contributed by atoms with Gasteiger partial charge in [-0.25, -0.2) is 4.79 Å². The average Bonchev–Trinajstić information content (AvgIpc) is 2.54. The lowest BCUT2D eigenvalue weighted by molar-refractivity contribution is -0.136. The number of ether oxygens (including phenoxy) is 1. The van der Waals surface area contributed by atoms with E-state index in [1.54, 1.807) is 0 Å². The Hall–Kier alpha value is -2.13. The smallest absolute Gasteiger partial charge is 0.338 e. The van der Waals surface area contributed by atoms with Crippen LogP contribution in [0.1, 0.15) is 18.1 Å². The van der Waals surface area contributed by atoms with Crippen molar-refractivity contribution in [1.29, 1.82) is 0 Å². The van der Waals surface area contributed by atoms with Crippen molar-refractivity contribution >= 4 is 19.6 Å². The van der Waals surface area contributed by atoms with Gasteiger partial charge in [0.2, 0.25) is 0 Å². The van der Waals surface area contributed by atoms with Gasteiger partial charge in [0.25, 0.3) is 0 Å². The first-order valence-electron chi connectivity index (χ1n) is 8.01. The molecule has 0 heterocycles. The van der Waals surface area contributed by atoms with E-state index >= 15 is 0 Å². The van der Waals surface area contributed by atoms with Crippen LogP contribution in [0.4, 0.5) is 0 Å². The molecule has 0 radical (unpaired) electrons. The first kappa shape index (κ1) is 17.2. The van der Waals surface area contributed by atoms with E-state index in [9.17, 15) is 4.79 Å². The molecule has 0 saturated carbocycles. The second-order valence-corrected chi connectivity index (χ2v) is 10.9. The van der Waals surface area contributed by atoms with Crippen LogP contribution >= 0.6 is 0 Å². The molecule has 23 heavy (non-hydrogen) atoms. The number of hydrogen-bond donors (Lipinski definition) is 0. The monoisotopic (exact) mass is 324 g/mol. The molecule has 0 spiro atoms. The van der Waals surface area contributed by atoms with Crippen molar-refractivity contribution in [2.45, 2.75) is 26.1 Å². The number of esters is 1. The minimum Gasteiger partial charge on any atom is -0.462 e. The summed E-state index contributed by atoms with van der Waals surface area (Å²) < 4.78 is 5.27. The molecule has 0 aliphatic carbocycles. The predicted octanol–water partition coefficient (Wildman–Crippen LogP) is 4.66. The molecule has 0 unspecified atom stereocenters. The number of hydrogen-bond acceptors (Lipinski definition) is 2. The third-order valence-corrected chi connectivity index (χ3v) is 6.01. The molecule has 0 fully saturated rings. The number of benzene rings is 2. The van der Waals surface area contributed by atoms with Gasteiger partial charge >= 0.3 is 5.97 Å². The standard InChI is InChI=1S/C20H24O2Si/c1-4-22-20(21)19(18-13-9-6-10-14-18)16-23(2,3)15-17-11-7-5-8-12-17/h5-14,16H,4,15H2,1-3H3/b19-16+. The summed E-state index contributed by atoms with van der Waals surface area (Å²) in [5.74, 6) is -0.229. The molecule has 2 aromatic rings. The summed E-state index contributed by atoms with van der Waals surface area (Å²) in [7, 11) is -1.74. The van der Waals surface area contributed by atoms with Crippen LogP contribution in [-0.4, -0.2) is 20.7 Å². The van der Waals surface area contributed by atoms with Gasteiger partial charge in [-0.1, -0.05) is 85.0 Å². The largest absolute Gasteiger partial charge is 0.462 e. The van der Waals surface area contributed by atoms with Crippen LogP contribution in [-0.2, 0) is 15.6 Å². The highest BCUT2D eigenvalue weighted by molar-refractivity contribution is 6.83. The van der Waals surface area contributed by atoms with E-state index in [-0.39, 0.29) is 5.97 Å². The summed E-state index contributed by atoms with van der Waals surface area (Å²) in [6, 6.07) is 21.3. The van der Waals surface area contributed by atoms with Gasteiger partial charge in [-0.15, -0.1) is 0 Å². The second kappa shape index (κ2) is 7.93. The minimum atomic E-state index is -1.74. The third-order valence-electron chi connectivity index (χ3n) is 3.62. The van der Waals surface area contributed by atoms with Gasteiger partial charge in [-0.3, -0.25) is 0 Å². The number of rotatable bonds is 6. The first-order chi connectivity index (χ1) is 11.0. The fourth-order valence-corrected chi connectivity index (χ4v) is 5.11. The van der Waals surface area contributed by atoms with Crippen LogP contribution < -0.4 is 0 Å². The zero-order chi connectivity index (χ0) is 16.7. The fraction of sp³-hybridized carbons (Fsp3) is 0.250. The normalized spacial score (nSPS) is 12.0. The van der Waals surface area contributed by atoms with E-state index in [0.717, 1.165) is 11.6 Å². The molecule has 2 rings (SSSR count). The molecule has 120 valence electrons. The van der Waals surface area contributed by atoms with Crippen molar-refractivity contribution < 1.29 is 9.53 Å². The maximum absolute atomic E-state index is 12.4. The van der Waals surface area contributed by atoms with Gasteiger partial charge < -0.3 is 4.74 Å². The van der Waals surface area contributed by atoms with E-state index in [0.29, 0.717) is 12.2 Å². The molecule has 0 amide bonds. The lowest BCUT2D eigenvalue weighted by Crippen LogP contribution is -2.28. The molecular weight excluding hydrogens is 300 g/mol. The summed E-state index contributed by atoms with van der Waals surface area (Å²) in [5.41, 5.74) is 5.11. The van der Waals surface area contributed by atoms with E-state index in [1.807, 2.05) is 43.3 Å². The van der Waals surface area contributed by atoms with Crippen molar-refractivity contribution in [2.24, 2.45) is 0 Å². The Bertz CT molecular complexity index is 661. The lowest BCUT2D eigenvalue weighted by Gasteiger charge is -2.20. The molecule has 2 nitrogen and oxygen atoms in total. The molecule has 3 heteroatoms. The Kier molecular flexibility index (Phi) is 5.94. The number of carbonyl (C=O) groups excluding carboxylic acids is 1. The summed E-state index contributed by atoms with van der Waals surface area (Å²) in [5, 5.41) is 0. The maximum Gasteiger partial charge on any atom is 0.338 e. The summed E-state index contributed by atoms with van der Waals surface area (Å²) in [6.07, 6.45) is 0. The Morgan fingerprint density at radius 1 is 1.00 bits per heavy atom. The Balaban J connectivity index is 2.33. The van der Waals surface area contributed by atoms with Gasteiger partial charge in [0.1, 0.15) is 0 Å². The first-order valence-corrected chi connectivity index (χ1v) is 11.3.